The van der Waals surface area contributed by atoms with E-state index in [0.717, 1.165) is 16.7 Å². The zero-order chi connectivity index (χ0) is 19.0. The zero-order valence-corrected chi connectivity index (χ0v) is 16.0. The Morgan fingerprint density at radius 3 is 2.26 bits per heavy atom. The molecule has 1 aliphatic heterocycles. The van der Waals surface area contributed by atoms with Crippen LogP contribution in [0.2, 0.25) is 5.02 Å². The molecule has 3 aromatic carbocycles. The van der Waals surface area contributed by atoms with Crippen molar-refractivity contribution in [2.45, 2.75) is 20.0 Å². The highest BCUT2D eigenvalue weighted by Crippen LogP contribution is 2.40. The first-order valence-corrected chi connectivity index (χ1v) is 9.25. The summed E-state index contributed by atoms with van der Waals surface area (Å²) < 4.78 is 6.29. The number of ketones is 1. The maximum atomic E-state index is 13.3. The molecule has 0 aliphatic carbocycles. The molecule has 4 rings (SSSR count). The van der Waals surface area contributed by atoms with Crippen LogP contribution in [0.5, 0.6) is 5.75 Å². The minimum atomic E-state index is -0.467. The predicted octanol–water partition coefficient (Wildman–Crippen LogP) is 6.36. The van der Waals surface area contributed by atoms with Gasteiger partial charge in [0.15, 0.2) is 11.9 Å². The Bertz CT molecular complexity index is 1030. The summed E-state index contributed by atoms with van der Waals surface area (Å²) in [6.45, 7) is 4.03. The van der Waals surface area contributed by atoms with Crippen LogP contribution in [-0.4, -0.2) is 5.78 Å². The maximum absolute atomic E-state index is 13.3. The van der Waals surface area contributed by atoms with Crippen molar-refractivity contribution >= 4 is 23.5 Å². The number of Topliss-reactive ketones (excluding diaryl/α,β-unsaturated/α-hetero) is 1. The van der Waals surface area contributed by atoms with Crippen LogP contribution >= 0.6 is 11.6 Å². The van der Waals surface area contributed by atoms with E-state index in [1.165, 1.54) is 5.56 Å². The molecule has 1 unspecified atom stereocenters. The van der Waals surface area contributed by atoms with Crippen LogP contribution in [0, 0.1) is 13.8 Å². The van der Waals surface area contributed by atoms with E-state index in [9.17, 15) is 4.79 Å². The summed E-state index contributed by atoms with van der Waals surface area (Å²) in [5.74, 6) is 0.623. The number of halogens is 1. The average Bonchev–Trinajstić information content (AvgIpc) is 2.66. The molecule has 1 heterocycles. The van der Waals surface area contributed by atoms with Gasteiger partial charge in [-0.3, -0.25) is 4.79 Å². The average molecular weight is 375 g/mol. The monoisotopic (exact) mass is 374 g/mol. The quantitative estimate of drug-likeness (QED) is 0.488. The van der Waals surface area contributed by atoms with Gasteiger partial charge in [0.2, 0.25) is 0 Å². The first-order valence-electron chi connectivity index (χ1n) is 8.87. The Morgan fingerprint density at radius 1 is 0.889 bits per heavy atom. The number of fused-ring (bicyclic) bond motifs is 1. The number of hydrogen-bond acceptors (Lipinski definition) is 2. The summed E-state index contributed by atoms with van der Waals surface area (Å²) >= 11 is 6.04. The van der Waals surface area contributed by atoms with Gasteiger partial charge in [-0.2, -0.15) is 0 Å². The molecule has 134 valence electrons. The molecule has 0 amide bonds. The molecular weight excluding hydrogens is 356 g/mol. The minimum Gasteiger partial charge on any atom is -0.480 e. The molecule has 0 spiro atoms. The van der Waals surface area contributed by atoms with Crippen molar-refractivity contribution in [3.63, 3.8) is 0 Å². The molecule has 0 saturated heterocycles. The molecule has 2 nitrogen and oxygen atoms in total. The van der Waals surface area contributed by atoms with E-state index in [0.29, 0.717) is 21.9 Å². The van der Waals surface area contributed by atoms with Crippen molar-refractivity contribution < 1.29 is 9.53 Å². The number of aryl methyl sites for hydroxylation is 2. The Kier molecular flexibility index (Phi) is 4.59. The number of carbonyl (C=O) groups is 1. The van der Waals surface area contributed by atoms with Gasteiger partial charge in [0.05, 0.1) is 5.56 Å². The molecule has 0 aromatic heterocycles. The first kappa shape index (κ1) is 17.6. The van der Waals surface area contributed by atoms with Crippen molar-refractivity contribution in [1.82, 2.24) is 0 Å². The first-order chi connectivity index (χ1) is 13.0. The van der Waals surface area contributed by atoms with Crippen LogP contribution in [0.25, 0.3) is 6.08 Å². The predicted molar refractivity (Wildman–Crippen MR) is 109 cm³/mol. The van der Waals surface area contributed by atoms with Crippen molar-refractivity contribution in [1.29, 1.82) is 0 Å². The van der Waals surface area contributed by atoms with Gasteiger partial charge >= 0.3 is 0 Å². The molecule has 0 radical (unpaired) electrons. The summed E-state index contributed by atoms with van der Waals surface area (Å²) in [4.78, 5) is 13.3. The van der Waals surface area contributed by atoms with Crippen LogP contribution in [0.1, 0.15) is 38.7 Å². The van der Waals surface area contributed by atoms with Gasteiger partial charge in [0.1, 0.15) is 5.75 Å². The van der Waals surface area contributed by atoms with Crippen LogP contribution in [0.15, 0.2) is 72.3 Å². The standard InChI is InChI=1S/C24H19ClO2/c1-15-3-6-17(7-4-15)14-21-23(26)20-12-5-16(2)13-22(20)27-24(21)18-8-10-19(25)11-9-18/h3-14,24H,1-2H3/b21-14-. The highest BCUT2D eigenvalue weighted by atomic mass is 35.5. The third-order valence-electron chi connectivity index (χ3n) is 4.74. The second-order valence-electron chi connectivity index (χ2n) is 6.89. The number of hydrogen-bond donors (Lipinski definition) is 0. The summed E-state index contributed by atoms with van der Waals surface area (Å²) in [6.07, 6.45) is 1.45. The van der Waals surface area contributed by atoms with Crippen molar-refractivity contribution in [2.75, 3.05) is 0 Å². The molecule has 0 N–H and O–H groups in total. The molecule has 1 aliphatic rings. The van der Waals surface area contributed by atoms with Crippen molar-refractivity contribution in [3.05, 3.63) is 105 Å². The minimum absolute atomic E-state index is 0.00299. The van der Waals surface area contributed by atoms with Crippen LogP contribution in [0.4, 0.5) is 0 Å². The van der Waals surface area contributed by atoms with Gasteiger partial charge in [-0.05, 0) is 60.9 Å². The van der Waals surface area contributed by atoms with E-state index < -0.39 is 6.10 Å². The van der Waals surface area contributed by atoms with E-state index in [2.05, 4.69) is 0 Å². The van der Waals surface area contributed by atoms with E-state index in [1.807, 2.05) is 86.7 Å². The van der Waals surface area contributed by atoms with Gasteiger partial charge in [-0.25, -0.2) is 0 Å². The van der Waals surface area contributed by atoms with Crippen LogP contribution in [0.3, 0.4) is 0 Å². The summed E-state index contributed by atoms with van der Waals surface area (Å²) in [5.41, 5.74) is 5.34. The Hall–Kier alpha value is -2.84. The lowest BCUT2D eigenvalue weighted by Crippen LogP contribution is -2.23. The number of rotatable bonds is 2. The lowest BCUT2D eigenvalue weighted by Gasteiger charge is -2.28. The Morgan fingerprint density at radius 2 is 1.56 bits per heavy atom. The second-order valence-corrected chi connectivity index (χ2v) is 7.32. The highest BCUT2D eigenvalue weighted by molar-refractivity contribution is 6.30. The van der Waals surface area contributed by atoms with Gasteiger partial charge in [0.25, 0.3) is 0 Å². The molecule has 0 fully saturated rings. The van der Waals surface area contributed by atoms with Crippen molar-refractivity contribution in [2.24, 2.45) is 0 Å². The fraction of sp³-hybridized carbons (Fsp3) is 0.125. The lowest BCUT2D eigenvalue weighted by molar-refractivity contribution is 0.0963. The van der Waals surface area contributed by atoms with Gasteiger partial charge in [-0.15, -0.1) is 0 Å². The van der Waals surface area contributed by atoms with Gasteiger partial charge in [-0.1, -0.05) is 59.6 Å². The molecule has 1 atom stereocenters. The van der Waals surface area contributed by atoms with E-state index in [-0.39, 0.29) is 5.78 Å². The third-order valence-corrected chi connectivity index (χ3v) is 5.00. The highest BCUT2D eigenvalue weighted by Gasteiger charge is 2.33. The molecule has 0 bridgehead atoms. The fourth-order valence-electron chi connectivity index (χ4n) is 3.25. The maximum Gasteiger partial charge on any atom is 0.196 e. The summed E-state index contributed by atoms with van der Waals surface area (Å²) in [7, 11) is 0. The van der Waals surface area contributed by atoms with E-state index in [4.69, 9.17) is 16.3 Å². The largest absolute Gasteiger partial charge is 0.480 e. The zero-order valence-electron chi connectivity index (χ0n) is 15.2. The van der Waals surface area contributed by atoms with Gasteiger partial charge in [0, 0.05) is 10.6 Å². The third kappa shape index (κ3) is 3.54. The van der Waals surface area contributed by atoms with Gasteiger partial charge < -0.3 is 4.74 Å². The molecule has 3 aromatic rings. The SMILES string of the molecule is Cc1ccc(/C=C2/C(=O)c3ccc(C)cc3OC2c2ccc(Cl)cc2)cc1. The molecule has 0 saturated carbocycles. The molecule has 3 heteroatoms. The second kappa shape index (κ2) is 7.05. The van der Waals surface area contributed by atoms with E-state index in [1.54, 1.807) is 0 Å². The summed E-state index contributed by atoms with van der Waals surface area (Å²) in [5, 5.41) is 0.654. The van der Waals surface area contributed by atoms with Crippen molar-refractivity contribution in [3.8, 4) is 5.75 Å². The Labute approximate surface area is 164 Å². The number of ether oxygens (including phenoxy) is 1. The smallest absolute Gasteiger partial charge is 0.196 e. The molecular formula is C24H19ClO2. The van der Waals surface area contributed by atoms with Crippen LogP contribution in [-0.2, 0) is 0 Å². The fourth-order valence-corrected chi connectivity index (χ4v) is 3.37. The summed E-state index contributed by atoms with van der Waals surface area (Å²) in [6, 6.07) is 21.2. The Balaban J connectivity index is 1.85. The van der Waals surface area contributed by atoms with Crippen LogP contribution < -0.4 is 4.74 Å². The van der Waals surface area contributed by atoms with E-state index >= 15 is 0 Å². The molecule has 27 heavy (non-hydrogen) atoms. The number of carbonyl (C=O) groups excluding carboxylic acids is 1. The number of benzene rings is 3. The normalized spacial score (nSPS) is 17.5. The lowest BCUT2D eigenvalue weighted by atomic mass is 9.89. The topological polar surface area (TPSA) is 26.3 Å².